The van der Waals surface area contributed by atoms with Crippen molar-refractivity contribution in [3.8, 4) is 0 Å². The van der Waals surface area contributed by atoms with Crippen LogP contribution in [0.3, 0.4) is 0 Å². The van der Waals surface area contributed by atoms with E-state index in [4.69, 9.17) is 0 Å². The van der Waals surface area contributed by atoms with E-state index in [-0.39, 0.29) is 23.8 Å². The molecule has 130 valence electrons. The standard InChI is InChI=1S/C18H25N3O3/c1-12(2)19-18(24)14-8-4-5-9-15(14)20-17(23)13(3)21-11-7-6-10-16(21)22/h4-5,8-9,12-13H,6-7,10-11H2,1-3H3,(H,19,24)(H,20,23). The van der Waals surface area contributed by atoms with Crippen molar-refractivity contribution in [3.05, 3.63) is 29.8 Å². The summed E-state index contributed by atoms with van der Waals surface area (Å²) < 4.78 is 0. The molecule has 0 spiro atoms. The molecule has 1 saturated heterocycles. The van der Waals surface area contributed by atoms with Crippen LogP contribution in [0.1, 0.15) is 50.4 Å². The first-order valence-electron chi connectivity index (χ1n) is 8.40. The number of rotatable bonds is 5. The van der Waals surface area contributed by atoms with Gasteiger partial charge in [0.25, 0.3) is 5.91 Å². The molecule has 3 amide bonds. The Labute approximate surface area is 142 Å². The predicted molar refractivity (Wildman–Crippen MR) is 92.7 cm³/mol. The highest BCUT2D eigenvalue weighted by Gasteiger charge is 2.28. The molecule has 1 aromatic rings. The van der Waals surface area contributed by atoms with Gasteiger partial charge in [-0.1, -0.05) is 12.1 Å². The van der Waals surface area contributed by atoms with Gasteiger partial charge in [0.2, 0.25) is 11.8 Å². The Morgan fingerprint density at radius 2 is 1.83 bits per heavy atom. The highest BCUT2D eigenvalue weighted by atomic mass is 16.2. The van der Waals surface area contributed by atoms with Crippen LogP contribution in [0.2, 0.25) is 0 Å². The highest BCUT2D eigenvalue weighted by molar-refractivity contribution is 6.05. The van der Waals surface area contributed by atoms with E-state index in [2.05, 4.69) is 10.6 Å². The fourth-order valence-electron chi connectivity index (χ4n) is 2.75. The molecule has 0 bridgehead atoms. The van der Waals surface area contributed by atoms with Gasteiger partial charge in [-0.15, -0.1) is 0 Å². The van der Waals surface area contributed by atoms with E-state index in [1.165, 1.54) is 0 Å². The van der Waals surface area contributed by atoms with E-state index < -0.39 is 6.04 Å². The van der Waals surface area contributed by atoms with Crippen molar-refractivity contribution in [2.24, 2.45) is 0 Å². The van der Waals surface area contributed by atoms with Crippen molar-refractivity contribution >= 4 is 23.4 Å². The van der Waals surface area contributed by atoms with E-state index in [1.807, 2.05) is 13.8 Å². The quantitative estimate of drug-likeness (QED) is 0.868. The second kappa shape index (κ2) is 7.95. The highest BCUT2D eigenvalue weighted by Crippen LogP contribution is 2.18. The minimum Gasteiger partial charge on any atom is -0.350 e. The van der Waals surface area contributed by atoms with Gasteiger partial charge < -0.3 is 15.5 Å². The zero-order valence-corrected chi connectivity index (χ0v) is 14.5. The Balaban J connectivity index is 2.11. The van der Waals surface area contributed by atoms with Gasteiger partial charge in [-0.25, -0.2) is 0 Å². The lowest BCUT2D eigenvalue weighted by Gasteiger charge is -2.31. The monoisotopic (exact) mass is 331 g/mol. The molecule has 1 unspecified atom stereocenters. The topological polar surface area (TPSA) is 78.5 Å². The number of carbonyl (C=O) groups excluding carboxylic acids is 3. The minimum atomic E-state index is -0.556. The molecule has 1 aliphatic rings. The van der Waals surface area contributed by atoms with Crippen LogP contribution in [0.5, 0.6) is 0 Å². The second-order valence-electron chi connectivity index (χ2n) is 6.38. The Morgan fingerprint density at radius 1 is 1.12 bits per heavy atom. The number of para-hydroxylation sites is 1. The van der Waals surface area contributed by atoms with Gasteiger partial charge in [0.1, 0.15) is 6.04 Å². The average molecular weight is 331 g/mol. The maximum atomic E-state index is 12.5. The first-order chi connectivity index (χ1) is 11.4. The van der Waals surface area contributed by atoms with Crippen molar-refractivity contribution in [1.29, 1.82) is 0 Å². The van der Waals surface area contributed by atoms with Crippen LogP contribution in [-0.4, -0.2) is 41.2 Å². The van der Waals surface area contributed by atoms with Gasteiger partial charge in [-0.2, -0.15) is 0 Å². The largest absolute Gasteiger partial charge is 0.350 e. The van der Waals surface area contributed by atoms with Gasteiger partial charge in [-0.05, 0) is 45.7 Å². The summed E-state index contributed by atoms with van der Waals surface area (Å²) in [6.07, 6.45) is 2.28. The number of nitrogens with one attached hydrogen (secondary N) is 2. The van der Waals surface area contributed by atoms with Crippen LogP contribution in [0.15, 0.2) is 24.3 Å². The van der Waals surface area contributed by atoms with Crippen LogP contribution in [0.4, 0.5) is 5.69 Å². The molecule has 6 heteroatoms. The van der Waals surface area contributed by atoms with Crippen molar-refractivity contribution in [2.45, 2.75) is 52.1 Å². The summed E-state index contributed by atoms with van der Waals surface area (Å²) in [7, 11) is 0. The summed E-state index contributed by atoms with van der Waals surface area (Å²) in [5.74, 6) is -0.507. The lowest BCUT2D eigenvalue weighted by Crippen LogP contribution is -2.47. The summed E-state index contributed by atoms with van der Waals surface area (Å²) in [5.41, 5.74) is 0.869. The summed E-state index contributed by atoms with van der Waals surface area (Å²) in [6, 6.07) is 6.33. The van der Waals surface area contributed by atoms with Crippen molar-refractivity contribution in [2.75, 3.05) is 11.9 Å². The third-order valence-corrected chi connectivity index (χ3v) is 4.06. The normalized spacial score (nSPS) is 16.0. The van der Waals surface area contributed by atoms with Crippen molar-refractivity contribution in [1.82, 2.24) is 10.2 Å². The number of amides is 3. The first-order valence-corrected chi connectivity index (χ1v) is 8.40. The smallest absolute Gasteiger partial charge is 0.253 e. The van der Waals surface area contributed by atoms with Crippen LogP contribution in [-0.2, 0) is 9.59 Å². The maximum absolute atomic E-state index is 12.5. The SMILES string of the molecule is CC(C)NC(=O)c1ccccc1NC(=O)C(C)N1CCCCC1=O. The van der Waals surface area contributed by atoms with Gasteiger partial charge in [0.15, 0.2) is 0 Å². The zero-order chi connectivity index (χ0) is 17.7. The maximum Gasteiger partial charge on any atom is 0.253 e. The number of carbonyl (C=O) groups is 3. The van der Waals surface area contributed by atoms with E-state index in [0.29, 0.717) is 24.2 Å². The molecule has 2 N–H and O–H groups in total. The summed E-state index contributed by atoms with van der Waals surface area (Å²) in [4.78, 5) is 38.3. The van der Waals surface area contributed by atoms with Crippen LogP contribution in [0.25, 0.3) is 0 Å². The number of nitrogens with zero attached hydrogens (tertiary/aromatic N) is 1. The molecule has 0 aliphatic carbocycles. The Kier molecular flexibility index (Phi) is 5.95. The zero-order valence-electron chi connectivity index (χ0n) is 14.5. The Hall–Kier alpha value is -2.37. The lowest BCUT2D eigenvalue weighted by atomic mass is 10.1. The molecule has 1 aromatic carbocycles. The molecule has 1 atom stereocenters. The van der Waals surface area contributed by atoms with Crippen LogP contribution in [0, 0.1) is 0 Å². The molecule has 2 rings (SSSR count). The number of likely N-dealkylation sites (tertiary alicyclic amines) is 1. The lowest BCUT2D eigenvalue weighted by molar-refractivity contribution is -0.140. The van der Waals surface area contributed by atoms with Gasteiger partial charge in [0, 0.05) is 19.0 Å². The molecule has 1 heterocycles. The molecule has 0 saturated carbocycles. The fourth-order valence-corrected chi connectivity index (χ4v) is 2.75. The third-order valence-electron chi connectivity index (χ3n) is 4.06. The van der Waals surface area contributed by atoms with E-state index in [1.54, 1.807) is 36.1 Å². The van der Waals surface area contributed by atoms with Crippen LogP contribution >= 0.6 is 0 Å². The number of hydrogen-bond donors (Lipinski definition) is 2. The summed E-state index contributed by atoms with van der Waals surface area (Å²) in [5, 5.41) is 5.61. The van der Waals surface area contributed by atoms with E-state index >= 15 is 0 Å². The van der Waals surface area contributed by atoms with Gasteiger partial charge in [0.05, 0.1) is 11.3 Å². The fraction of sp³-hybridized carbons (Fsp3) is 0.500. The van der Waals surface area contributed by atoms with Crippen molar-refractivity contribution < 1.29 is 14.4 Å². The van der Waals surface area contributed by atoms with Gasteiger partial charge >= 0.3 is 0 Å². The molecular weight excluding hydrogens is 306 g/mol. The minimum absolute atomic E-state index is 0.00570. The number of hydrogen-bond acceptors (Lipinski definition) is 3. The van der Waals surface area contributed by atoms with E-state index in [9.17, 15) is 14.4 Å². The number of piperidine rings is 1. The molecule has 6 nitrogen and oxygen atoms in total. The molecule has 1 fully saturated rings. The Morgan fingerprint density at radius 3 is 2.50 bits per heavy atom. The predicted octanol–water partition coefficient (Wildman–Crippen LogP) is 2.16. The number of anilines is 1. The van der Waals surface area contributed by atoms with E-state index in [0.717, 1.165) is 12.8 Å². The second-order valence-corrected chi connectivity index (χ2v) is 6.38. The average Bonchev–Trinajstić information content (AvgIpc) is 2.54. The summed E-state index contributed by atoms with van der Waals surface area (Å²) >= 11 is 0. The Bertz CT molecular complexity index is 628. The van der Waals surface area contributed by atoms with Gasteiger partial charge in [-0.3, -0.25) is 14.4 Å². The van der Waals surface area contributed by atoms with Crippen molar-refractivity contribution in [3.63, 3.8) is 0 Å². The third kappa shape index (κ3) is 4.34. The molecule has 0 aromatic heterocycles. The summed E-state index contributed by atoms with van der Waals surface area (Å²) in [6.45, 7) is 6.07. The van der Waals surface area contributed by atoms with Crippen LogP contribution < -0.4 is 10.6 Å². The number of benzene rings is 1. The molecule has 24 heavy (non-hydrogen) atoms. The molecule has 1 aliphatic heterocycles. The first kappa shape index (κ1) is 18.0. The molecular formula is C18H25N3O3. The molecule has 0 radical (unpaired) electrons.